The molecule has 2 aromatic rings. The molecule has 0 saturated carbocycles. The first-order valence-electron chi connectivity index (χ1n) is 10.4. The van der Waals surface area contributed by atoms with E-state index in [4.69, 9.17) is 0 Å². The van der Waals surface area contributed by atoms with Crippen molar-refractivity contribution in [2.75, 3.05) is 18.4 Å². The van der Waals surface area contributed by atoms with Crippen molar-refractivity contribution in [2.24, 2.45) is 5.92 Å². The smallest absolute Gasteiger partial charge is 0.310 e. The lowest BCUT2D eigenvalue weighted by Gasteiger charge is -2.30. The van der Waals surface area contributed by atoms with Gasteiger partial charge in [-0.3, -0.25) is 19.9 Å². The molecule has 1 N–H and O–H groups in total. The molecule has 0 atom stereocenters. The number of anilines is 1. The minimum Gasteiger partial charge on any atom is -0.320 e. The van der Waals surface area contributed by atoms with E-state index in [0.29, 0.717) is 17.7 Å². The van der Waals surface area contributed by atoms with Crippen molar-refractivity contribution in [3.63, 3.8) is 0 Å². The summed E-state index contributed by atoms with van der Waals surface area (Å²) in [6.07, 6.45) is 7.28. The Labute approximate surface area is 180 Å². The lowest BCUT2D eigenvalue weighted by atomic mass is 9.92. The summed E-state index contributed by atoms with van der Waals surface area (Å²) >= 11 is 0. The van der Waals surface area contributed by atoms with Crippen molar-refractivity contribution in [1.82, 2.24) is 9.29 Å². The summed E-state index contributed by atoms with van der Waals surface area (Å²) in [6.45, 7) is 0.464. The fourth-order valence-corrected chi connectivity index (χ4v) is 5.77. The number of nitro groups is 1. The van der Waals surface area contributed by atoms with Crippen LogP contribution in [-0.2, 0) is 27.7 Å². The van der Waals surface area contributed by atoms with Gasteiger partial charge in [0.15, 0.2) is 0 Å². The van der Waals surface area contributed by atoms with Crippen LogP contribution in [0.25, 0.3) is 0 Å². The molecule has 4 rings (SSSR count). The van der Waals surface area contributed by atoms with Crippen LogP contribution < -0.4 is 5.32 Å². The average molecular weight is 445 g/mol. The minimum absolute atomic E-state index is 0.0918. The molecular weight excluding hydrogens is 420 g/mol. The second-order valence-electron chi connectivity index (χ2n) is 7.96. The van der Waals surface area contributed by atoms with Crippen LogP contribution in [0, 0.1) is 16.0 Å². The number of aryl methyl sites for hydroxylation is 2. The Bertz CT molecular complexity index is 1110. The molecule has 0 bridgehead atoms. The highest BCUT2D eigenvalue weighted by molar-refractivity contribution is 7.89. The summed E-state index contributed by atoms with van der Waals surface area (Å²) in [7, 11) is -3.62. The Hall–Kier alpha value is -2.85. The molecule has 1 saturated heterocycles. The number of hydrogen-bond acceptors (Lipinski definition) is 6. The predicted molar refractivity (Wildman–Crippen MR) is 114 cm³/mol. The van der Waals surface area contributed by atoms with Crippen LogP contribution in [0.5, 0.6) is 0 Å². The fraction of sp³-hybridized carbons (Fsp3) is 0.429. The maximum absolute atomic E-state index is 13.1. The van der Waals surface area contributed by atoms with E-state index in [9.17, 15) is 23.3 Å². The molecule has 1 aliphatic carbocycles. The van der Waals surface area contributed by atoms with Gasteiger partial charge in [-0.15, -0.1) is 0 Å². The Morgan fingerprint density at radius 1 is 1.13 bits per heavy atom. The first kappa shape index (κ1) is 21.4. The zero-order chi connectivity index (χ0) is 22.0. The van der Waals surface area contributed by atoms with Crippen LogP contribution in [-0.4, -0.2) is 41.6 Å². The van der Waals surface area contributed by atoms with E-state index in [1.807, 2.05) is 6.07 Å². The average Bonchev–Trinajstić information content (AvgIpc) is 2.79. The Morgan fingerprint density at radius 3 is 2.55 bits per heavy atom. The Kier molecular flexibility index (Phi) is 6.01. The summed E-state index contributed by atoms with van der Waals surface area (Å²) in [4.78, 5) is 27.1. The summed E-state index contributed by atoms with van der Waals surface area (Å²) in [5.41, 5.74) is 2.16. The molecule has 10 heteroatoms. The molecule has 1 aliphatic heterocycles. The first-order chi connectivity index (χ1) is 14.9. The molecule has 9 nitrogen and oxygen atoms in total. The van der Waals surface area contributed by atoms with Gasteiger partial charge in [0.2, 0.25) is 15.9 Å². The van der Waals surface area contributed by atoms with Crippen LogP contribution in [0.15, 0.2) is 41.6 Å². The Morgan fingerprint density at radius 2 is 1.84 bits per heavy atom. The lowest BCUT2D eigenvalue weighted by molar-refractivity contribution is -0.384. The van der Waals surface area contributed by atoms with Gasteiger partial charge in [-0.2, -0.15) is 4.31 Å². The number of amides is 1. The monoisotopic (exact) mass is 444 g/mol. The largest absolute Gasteiger partial charge is 0.320 e. The number of carbonyl (C=O) groups excluding carboxylic acids is 1. The SMILES string of the molecule is O=C(Nc1ccncc1[N+](=O)[O-])C1CCN(S(=O)(=O)c2ccc3c(c2)CCCC3)CC1. The van der Waals surface area contributed by atoms with Crippen molar-refractivity contribution in [3.8, 4) is 0 Å². The third-order valence-electron chi connectivity index (χ3n) is 6.04. The van der Waals surface area contributed by atoms with Gasteiger partial charge >= 0.3 is 5.69 Å². The van der Waals surface area contributed by atoms with Gasteiger partial charge in [0.1, 0.15) is 11.9 Å². The number of pyridine rings is 1. The highest BCUT2D eigenvalue weighted by atomic mass is 32.2. The van der Waals surface area contributed by atoms with Crippen molar-refractivity contribution in [3.05, 3.63) is 57.9 Å². The van der Waals surface area contributed by atoms with Crippen molar-refractivity contribution in [1.29, 1.82) is 0 Å². The lowest BCUT2D eigenvalue weighted by Crippen LogP contribution is -2.41. The standard InChI is InChI=1S/C21H24N4O5S/c26-21(23-19-7-10-22-14-20(19)25(27)28)16-8-11-24(12-9-16)31(29,30)18-6-5-15-3-1-2-4-17(15)13-18/h5-7,10,13-14,16H,1-4,8-9,11-12H2,(H,22,23,26). The van der Waals surface area contributed by atoms with Gasteiger partial charge in [-0.05, 0) is 67.9 Å². The first-order valence-corrected chi connectivity index (χ1v) is 11.8. The summed E-state index contributed by atoms with van der Waals surface area (Å²) < 4.78 is 27.6. The van der Waals surface area contributed by atoms with Gasteiger partial charge < -0.3 is 5.32 Å². The second kappa shape index (κ2) is 8.72. The van der Waals surface area contributed by atoms with Crippen LogP contribution in [0.1, 0.15) is 36.8 Å². The number of benzene rings is 1. The molecule has 1 fully saturated rings. The maximum Gasteiger partial charge on any atom is 0.310 e. The number of nitrogens with zero attached hydrogens (tertiary/aromatic N) is 3. The van der Waals surface area contributed by atoms with E-state index in [2.05, 4.69) is 10.3 Å². The van der Waals surface area contributed by atoms with Crippen LogP contribution in [0.4, 0.5) is 11.4 Å². The molecule has 1 aromatic heterocycles. The van der Waals surface area contributed by atoms with E-state index in [1.54, 1.807) is 12.1 Å². The van der Waals surface area contributed by atoms with Crippen molar-refractivity contribution < 1.29 is 18.1 Å². The van der Waals surface area contributed by atoms with E-state index in [0.717, 1.165) is 37.4 Å². The fourth-order valence-electron chi connectivity index (χ4n) is 4.25. The molecule has 31 heavy (non-hydrogen) atoms. The number of hydrogen-bond donors (Lipinski definition) is 1. The van der Waals surface area contributed by atoms with E-state index >= 15 is 0 Å². The molecule has 2 heterocycles. The minimum atomic E-state index is -3.62. The van der Waals surface area contributed by atoms with E-state index in [-0.39, 0.29) is 30.4 Å². The number of rotatable bonds is 5. The zero-order valence-corrected chi connectivity index (χ0v) is 17.8. The summed E-state index contributed by atoms with van der Waals surface area (Å²) in [6, 6.07) is 6.78. The Balaban J connectivity index is 1.41. The van der Waals surface area contributed by atoms with Gasteiger partial charge in [0.25, 0.3) is 0 Å². The molecular formula is C21H24N4O5S. The molecule has 164 valence electrons. The highest BCUT2D eigenvalue weighted by Gasteiger charge is 2.33. The molecule has 0 unspecified atom stereocenters. The number of aromatic nitrogens is 1. The molecule has 2 aliphatic rings. The second-order valence-corrected chi connectivity index (χ2v) is 9.89. The third-order valence-corrected chi connectivity index (χ3v) is 7.93. The van der Waals surface area contributed by atoms with Gasteiger partial charge in [0.05, 0.1) is 9.82 Å². The van der Waals surface area contributed by atoms with E-state index < -0.39 is 20.9 Å². The molecule has 1 amide bonds. The number of nitrogens with one attached hydrogen (secondary N) is 1. The third kappa shape index (κ3) is 4.45. The number of sulfonamides is 1. The molecule has 0 spiro atoms. The van der Waals surface area contributed by atoms with Crippen LogP contribution >= 0.6 is 0 Å². The van der Waals surface area contributed by atoms with Gasteiger partial charge in [-0.1, -0.05) is 6.07 Å². The number of carbonyl (C=O) groups is 1. The van der Waals surface area contributed by atoms with Gasteiger partial charge in [0, 0.05) is 25.2 Å². The quantitative estimate of drug-likeness (QED) is 0.559. The topological polar surface area (TPSA) is 123 Å². The van der Waals surface area contributed by atoms with Crippen molar-refractivity contribution >= 4 is 27.3 Å². The maximum atomic E-state index is 13.1. The molecule has 1 aromatic carbocycles. The molecule has 0 radical (unpaired) electrons. The predicted octanol–water partition coefficient (Wildman–Crippen LogP) is 2.91. The summed E-state index contributed by atoms with van der Waals surface area (Å²) in [5, 5.41) is 13.7. The van der Waals surface area contributed by atoms with Crippen LogP contribution in [0.2, 0.25) is 0 Å². The van der Waals surface area contributed by atoms with Gasteiger partial charge in [-0.25, -0.2) is 8.42 Å². The summed E-state index contributed by atoms with van der Waals surface area (Å²) in [5.74, 6) is -0.761. The number of fused-ring (bicyclic) bond motifs is 1. The number of piperidine rings is 1. The van der Waals surface area contributed by atoms with E-state index in [1.165, 1.54) is 22.1 Å². The zero-order valence-electron chi connectivity index (χ0n) is 17.0. The normalized spacial score (nSPS) is 17.7. The highest BCUT2D eigenvalue weighted by Crippen LogP contribution is 2.29. The van der Waals surface area contributed by atoms with Crippen molar-refractivity contribution in [2.45, 2.75) is 43.4 Å². The van der Waals surface area contributed by atoms with Crippen LogP contribution in [0.3, 0.4) is 0 Å².